The van der Waals surface area contributed by atoms with Crippen molar-refractivity contribution in [1.82, 2.24) is 9.29 Å². The summed E-state index contributed by atoms with van der Waals surface area (Å²) in [5, 5.41) is 5.91. The molecule has 2 aromatic carbocycles. The first-order valence-electron chi connectivity index (χ1n) is 10.8. The molecule has 8 nitrogen and oxygen atoms in total. The van der Waals surface area contributed by atoms with E-state index in [2.05, 4.69) is 26.0 Å². The van der Waals surface area contributed by atoms with Gasteiger partial charge in [0.1, 0.15) is 5.76 Å². The lowest BCUT2D eigenvalue weighted by Gasteiger charge is -2.17. The fourth-order valence-electron chi connectivity index (χ4n) is 3.22. The number of sulfonamides is 1. The van der Waals surface area contributed by atoms with Gasteiger partial charge in [-0.05, 0) is 61.0 Å². The zero-order valence-corrected chi connectivity index (χ0v) is 22.3. The van der Waals surface area contributed by atoms with Gasteiger partial charge in [0.25, 0.3) is 5.91 Å². The standard InChI is InChI=1S/C24H23BrN4O4S2/c1-3-4-13-28(2)35(31,32)20-10-7-17(8-11-20)23(30)29(26-16-19-6-5-14-33-19)24-27-21-12-9-18(25)15-22(21)34-24/h5-12,14-16H,3-4,13H2,1-2H3/b26-16+. The van der Waals surface area contributed by atoms with E-state index in [1.807, 2.05) is 25.1 Å². The molecule has 35 heavy (non-hydrogen) atoms. The average Bonchev–Trinajstić information content (AvgIpc) is 3.52. The molecule has 0 atom stereocenters. The predicted octanol–water partition coefficient (Wildman–Crippen LogP) is 5.75. The number of thiazole rings is 1. The lowest BCUT2D eigenvalue weighted by atomic mass is 10.2. The molecule has 0 bridgehead atoms. The van der Waals surface area contributed by atoms with E-state index in [0.29, 0.717) is 17.4 Å². The van der Waals surface area contributed by atoms with Crippen molar-refractivity contribution in [1.29, 1.82) is 0 Å². The summed E-state index contributed by atoms with van der Waals surface area (Å²) in [6, 6.07) is 14.9. The highest BCUT2D eigenvalue weighted by atomic mass is 79.9. The van der Waals surface area contributed by atoms with E-state index in [4.69, 9.17) is 4.42 Å². The Morgan fingerprint density at radius 2 is 1.97 bits per heavy atom. The Balaban J connectivity index is 1.66. The van der Waals surface area contributed by atoms with Crippen LogP contribution in [0.1, 0.15) is 35.9 Å². The van der Waals surface area contributed by atoms with E-state index < -0.39 is 15.9 Å². The normalized spacial score (nSPS) is 12.1. The molecule has 4 aromatic rings. The Kier molecular flexibility index (Phi) is 7.80. The highest BCUT2D eigenvalue weighted by molar-refractivity contribution is 9.10. The Labute approximate surface area is 216 Å². The van der Waals surface area contributed by atoms with E-state index >= 15 is 0 Å². The van der Waals surface area contributed by atoms with Crippen LogP contribution in [0.4, 0.5) is 5.13 Å². The fraction of sp³-hybridized carbons (Fsp3) is 0.208. The van der Waals surface area contributed by atoms with Crippen LogP contribution in [0.2, 0.25) is 0 Å². The third-order valence-corrected chi connectivity index (χ3v) is 8.55. The van der Waals surface area contributed by atoms with Gasteiger partial charge in [0.2, 0.25) is 15.2 Å². The molecule has 0 aliphatic heterocycles. The van der Waals surface area contributed by atoms with Crippen molar-refractivity contribution in [2.45, 2.75) is 24.7 Å². The van der Waals surface area contributed by atoms with Crippen molar-refractivity contribution in [3.8, 4) is 0 Å². The third-order valence-electron chi connectivity index (χ3n) is 5.19. The van der Waals surface area contributed by atoms with E-state index in [1.165, 1.54) is 57.4 Å². The maximum Gasteiger partial charge on any atom is 0.280 e. The minimum Gasteiger partial charge on any atom is -0.463 e. The summed E-state index contributed by atoms with van der Waals surface area (Å²) in [7, 11) is -2.08. The number of amides is 1. The summed E-state index contributed by atoms with van der Waals surface area (Å²) in [5.74, 6) is 0.0254. The van der Waals surface area contributed by atoms with Gasteiger partial charge in [-0.3, -0.25) is 4.79 Å². The summed E-state index contributed by atoms with van der Waals surface area (Å²) in [5.41, 5.74) is 1.01. The van der Waals surface area contributed by atoms with Crippen LogP contribution in [0.3, 0.4) is 0 Å². The molecule has 11 heteroatoms. The number of benzene rings is 2. The number of hydrogen-bond acceptors (Lipinski definition) is 7. The summed E-state index contributed by atoms with van der Waals surface area (Å²) >= 11 is 4.77. The minimum atomic E-state index is -3.64. The molecule has 0 N–H and O–H groups in total. The van der Waals surface area contributed by atoms with Gasteiger partial charge >= 0.3 is 0 Å². The molecule has 2 heterocycles. The molecule has 0 fully saturated rings. The SMILES string of the molecule is CCCCN(C)S(=O)(=O)c1ccc(C(=O)N(/N=C/c2ccco2)c2nc3ccc(Br)cc3s2)cc1. The molecule has 0 saturated carbocycles. The smallest absolute Gasteiger partial charge is 0.280 e. The number of carbonyl (C=O) groups is 1. The molecule has 2 aromatic heterocycles. The number of hydrogen-bond donors (Lipinski definition) is 0. The quantitative estimate of drug-likeness (QED) is 0.187. The van der Waals surface area contributed by atoms with Crippen molar-refractivity contribution in [3.63, 3.8) is 0 Å². The molecule has 0 unspecified atom stereocenters. The number of fused-ring (bicyclic) bond motifs is 1. The molecule has 0 saturated heterocycles. The first-order chi connectivity index (χ1) is 16.8. The number of unbranched alkanes of at least 4 members (excludes halogenated alkanes) is 1. The molecule has 182 valence electrons. The summed E-state index contributed by atoms with van der Waals surface area (Å²) in [6.07, 6.45) is 4.61. The van der Waals surface area contributed by atoms with Gasteiger partial charge in [-0.2, -0.15) is 10.1 Å². The number of halogens is 1. The Morgan fingerprint density at radius 3 is 2.66 bits per heavy atom. The van der Waals surface area contributed by atoms with E-state index in [-0.39, 0.29) is 10.5 Å². The first-order valence-corrected chi connectivity index (χ1v) is 13.9. The zero-order chi connectivity index (χ0) is 25.0. The third kappa shape index (κ3) is 5.69. The van der Waals surface area contributed by atoms with Crippen LogP contribution in [-0.4, -0.2) is 43.4 Å². The summed E-state index contributed by atoms with van der Waals surface area (Å²) in [6.45, 7) is 2.44. The van der Waals surface area contributed by atoms with Crippen LogP contribution < -0.4 is 5.01 Å². The Morgan fingerprint density at radius 1 is 1.20 bits per heavy atom. The minimum absolute atomic E-state index is 0.128. The maximum absolute atomic E-state index is 13.5. The zero-order valence-electron chi connectivity index (χ0n) is 19.1. The van der Waals surface area contributed by atoms with Crippen LogP contribution in [0.5, 0.6) is 0 Å². The fourth-order valence-corrected chi connectivity index (χ4v) is 5.90. The van der Waals surface area contributed by atoms with Crippen molar-refractivity contribution >= 4 is 64.8 Å². The van der Waals surface area contributed by atoms with Crippen molar-refractivity contribution in [3.05, 3.63) is 76.7 Å². The van der Waals surface area contributed by atoms with Crippen LogP contribution in [0.25, 0.3) is 10.2 Å². The summed E-state index contributed by atoms with van der Waals surface area (Å²) in [4.78, 5) is 18.2. The molecule has 0 aliphatic rings. The van der Waals surface area contributed by atoms with E-state index in [1.54, 1.807) is 19.2 Å². The second-order valence-corrected chi connectivity index (χ2v) is 11.7. The van der Waals surface area contributed by atoms with Crippen LogP contribution >= 0.6 is 27.3 Å². The number of anilines is 1. The van der Waals surface area contributed by atoms with Crippen molar-refractivity contribution < 1.29 is 17.6 Å². The topological polar surface area (TPSA) is 96.1 Å². The summed E-state index contributed by atoms with van der Waals surface area (Å²) < 4.78 is 34.1. The van der Waals surface area contributed by atoms with Crippen molar-refractivity contribution in [2.75, 3.05) is 18.6 Å². The number of rotatable bonds is 9. The average molecular weight is 576 g/mol. The van der Waals surface area contributed by atoms with Gasteiger partial charge in [-0.15, -0.1) is 0 Å². The lowest BCUT2D eigenvalue weighted by molar-refractivity contribution is 0.0987. The van der Waals surface area contributed by atoms with Gasteiger partial charge in [-0.1, -0.05) is 40.6 Å². The van der Waals surface area contributed by atoms with Gasteiger partial charge in [0, 0.05) is 23.6 Å². The largest absolute Gasteiger partial charge is 0.463 e. The number of carbonyl (C=O) groups excluding carboxylic acids is 1. The maximum atomic E-state index is 13.5. The second-order valence-electron chi connectivity index (χ2n) is 7.69. The molecular weight excluding hydrogens is 552 g/mol. The Hall–Kier alpha value is -2.86. The van der Waals surface area contributed by atoms with Crippen LogP contribution in [0.15, 0.2) is 79.7 Å². The van der Waals surface area contributed by atoms with Crippen LogP contribution in [-0.2, 0) is 10.0 Å². The molecule has 0 radical (unpaired) electrons. The number of furan rings is 1. The molecule has 0 spiro atoms. The Bertz CT molecular complexity index is 1450. The van der Waals surface area contributed by atoms with Gasteiger partial charge in [-0.25, -0.2) is 17.7 Å². The number of hydrazone groups is 1. The van der Waals surface area contributed by atoms with E-state index in [9.17, 15) is 13.2 Å². The van der Waals surface area contributed by atoms with E-state index in [0.717, 1.165) is 27.5 Å². The second kappa shape index (κ2) is 10.8. The molecule has 0 aliphatic carbocycles. The number of nitrogens with zero attached hydrogens (tertiary/aromatic N) is 4. The highest BCUT2D eigenvalue weighted by Gasteiger charge is 2.24. The highest BCUT2D eigenvalue weighted by Crippen LogP contribution is 2.32. The number of aromatic nitrogens is 1. The molecule has 4 rings (SSSR count). The lowest BCUT2D eigenvalue weighted by Crippen LogP contribution is -2.28. The monoisotopic (exact) mass is 574 g/mol. The first kappa shape index (κ1) is 25.2. The van der Waals surface area contributed by atoms with Gasteiger partial charge < -0.3 is 4.42 Å². The molecule has 1 amide bonds. The van der Waals surface area contributed by atoms with Gasteiger partial charge in [0.15, 0.2) is 0 Å². The van der Waals surface area contributed by atoms with Gasteiger partial charge in [0.05, 0.1) is 27.6 Å². The van der Waals surface area contributed by atoms with Crippen LogP contribution in [0, 0.1) is 0 Å². The predicted molar refractivity (Wildman–Crippen MR) is 142 cm³/mol. The van der Waals surface area contributed by atoms with Crippen molar-refractivity contribution in [2.24, 2.45) is 5.10 Å². The molecular formula is C24H23BrN4O4S2.